The van der Waals surface area contributed by atoms with E-state index in [1.807, 2.05) is 11.6 Å². The first-order valence-corrected chi connectivity index (χ1v) is 9.93. The molecule has 3 saturated carbocycles. The monoisotopic (exact) mass is 346 g/mol. The van der Waals surface area contributed by atoms with Gasteiger partial charge in [-0.3, -0.25) is 4.79 Å². The average molecular weight is 346 g/mol. The summed E-state index contributed by atoms with van der Waals surface area (Å²) in [6.45, 7) is 0.588. The summed E-state index contributed by atoms with van der Waals surface area (Å²) in [5.41, 5.74) is 0. The summed E-state index contributed by atoms with van der Waals surface area (Å²) >= 11 is 0. The Labute approximate surface area is 149 Å². The van der Waals surface area contributed by atoms with Crippen LogP contribution in [-0.2, 0) is 11.8 Å². The fourth-order valence-electron chi connectivity index (χ4n) is 4.96. The molecule has 3 atom stereocenters. The van der Waals surface area contributed by atoms with Crippen molar-refractivity contribution < 1.29 is 9.90 Å². The highest BCUT2D eigenvalue weighted by molar-refractivity contribution is 5.79. The quantitative estimate of drug-likeness (QED) is 0.826. The zero-order valence-corrected chi connectivity index (χ0v) is 15.1. The number of nitrogens with zero attached hydrogens (tertiary/aromatic N) is 3. The molecule has 0 radical (unpaired) electrons. The van der Waals surface area contributed by atoms with Gasteiger partial charge in [0.05, 0.1) is 6.10 Å². The van der Waals surface area contributed by atoms with Gasteiger partial charge in [-0.25, -0.2) is 0 Å². The van der Waals surface area contributed by atoms with Crippen LogP contribution in [0.15, 0.2) is 6.33 Å². The molecule has 2 N–H and O–H groups in total. The maximum absolute atomic E-state index is 12.8. The second-order valence-electron chi connectivity index (χ2n) is 8.45. The van der Waals surface area contributed by atoms with Gasteiger partial charge in [0, 0.05) is 31.3 Å². The molecule has 1 aromatic heterocycles. The van der Waals surface area contributed by atoms with Crippen molar-refractivity contribution >= 4 is 5.91 Å². The number of hydrogen-bond donors (Lipinski definition) is 2. The number of aliphatic hydroxyl groups is 1. The van der Waals surface area contributed by atoms with Crippen molar-refractivity contribution in [3.05, 3.63) is 12.2 Å². The molecular weight excluding hydrogens is 316 g/mol. The largest absolute Gasteiger partial charge is 0.393 e. The van der Waals surface area contributed by atoms with Gasteiger partial charge in [0.2, 0.25) is 5.91 Å². The Balaban J connectivity index is 1.32. The summed E-state index contributed by atoms with van der Waals surface area (Å²) in [5.74, 6) is 2.96. The Morgan fingerprint density at radius 1 is 1.28 bits per heavy atom. The van der Waals surface area contributed by atoms with Crippen LogP contribution in [0, 0.1) is 23.7 Å². The van der Waals surface area contributed by atoms with Gasteiger partial charge in [0.1, 0.15) is 12.2 Å². The second kappa shape index (κ2) is 7.06. The van der Waals surface area contributed by atoms with Gasteiger partial charge in [0.15, 0.2) is 0 Å². The van der Waals surface area contributed by atoms with Crippen LogP contribution in [0.25, 0.3) is 0 Å². The lowest BCUT2D eigenvalue weighted by Gasteiger charge is -2.41. The number of carbonyl (C=O) groups is 1. The van der Waals surface area contributed by atoms with E-state index < -0.39 is 0 Å². The standard InChI is InChI=1S/C19H30N4O2/c1-23-11-21-22-18(23)14-8-15(16(24)9-14)10-20-19(25)17(12-4-2-5-12)13-6-3-7-13/h11-17,24H,2-10H2,1H3,(H,20,25)/t14-,15+,16+/m0/s1. The predicted octanol–water partition coefficient (Wildman–Crippen LogP) is 2.00. The number of carbonyl (C=O) groups excluding carboxylic acids is 1. The number of amides is 1. The first-order chi connectivity index (χ1) is 12.1. The van der Waals surface area contributed by atoms with E-state index in [1.54, 1.807) is 6.33 Å². The lowest BCUT2D eigenvalue weighted by Crippen LogP contribution is -2.45. The maximum atomic E-state index is 12.8. The van der Waals surface area contributed by atoms with E-state index >= 15 is 0 Å². The molecule has 3 aliphatic carbocycles. The van der Waals surface area contributed by atoms with Crippen molar-refractivity contribution in [1.82, 2.24) is 20.1 Å². The zero-order chi connectivity index (χ0) is 17.4. The molecule has 25 heavy (non-hydrogen) atoms. The first-order valence-electron chi connectivity index (χ1n) is 9.93. The van der Waals surface area contributed by atoms with Crippen LogP contribution in [0.3, 0.4) is 0 Å². The molecule has 138 valence electrons. The Hall–Kier alpha value is -1.43. The second-order valence-corrected chi connectivity index (χ2v) is 8.45. The molecule has 6 nitrogen and oxygen atoms in total. The summed E-state index contributed by atoms with van der Waals surface area (Å²) in [4.78, 5) is 12.8. The van der Waals surface area contributed by atoms with Gasteiger partial charge in [-0.2, -0.15) is 0 Å². The van der Waals surface area contributed by atoms with Crippen LogP contribution >= 0.6 is 0 Å². The highest BCUT2D eigenvalue weighted by atomic mass is 16.3. The maximum Gasteiger partial charge on any atom is 0.223 e. The summed E-state index contributed by atoms with van der Waals surface area (Å²) < 4.78 is 1.93. The van der Waals surface area contributed by atoms with Crippen molar-refractivity contribution in [3.63, 3.8) is 0 Å². The Bertz CT molecular complexity index is 594. The predicted molar refractivity (Wildman–Crippen MR) is 93.7 cm³/mol. The van der Waals surface area contributed by atoms with Crippen molar-refractivity contribution in [2.45, 2.75) is 63.4 Å². The number of aliphatic hydroxyl groups excluding tert-OH is 1. The number of nitrogens with one attached hydrogen (secondary N) is 1. The molecule has 1 aromatic rings. The molecule has 1 amide bonds. The minimum Gasteiger partial charge on any atom is -0.393 e. The van der Waals surface area contributed by atoms with Gasteiger partial charge in [-0.15, -0.1) is 10.2 Å². The number of aryl methyl sites for hydroxylation is 1. The molecule has 3 fully saturated rings. The molecular formula is C19H30N4O2. The van der Waals surface area contributed by atoms with Crippen LogP contribution in [0.4, 0.5) is 0 Å². The molecule has 0 aliphatic heterocycles. The van der Waals surface area contributed by atoms with Gasteiger partial charge in [-0.05, 0) is 50.4 Å². The van der Waals surface area contributed by atoms with E-state index in [4.69, 9.17) is 0 Å². The number of rotatable bonds is 6. The van der Waals surface area contributed by atoms with E-state index in [0.717, 1.165) is 12.2 Å². The normalized spacial score (nSPS) is 30.3. The van der Waals surface area contributed by atoms with Crippen molar-refractivity contribution in [2.24, 2.45) is 30.7 Å². The van der Waals surface area contributed by atoms with Crippen LogP contribution in [0.1, 0.15) is 63.1 Å². The Morgan fingerprint density at radius 2 is 1.96 bits per heavy atom. The molecule has 1 heterocycles. The first kappa shape index (κ1) is 17.0. The van der Waals surface area contributed by atoms with E-state index in [1.165, 1.54) is 38.5 Å². The number of aromatic nitrogens is 3. The number of hydrogen-bond acceptors (Lipinski definition) is 4. The third-order valence-corrected chi connectivity index (χ3v) is 6.93. The van der Waals surface area contributed by atoms with E-state index in [0.29, 0.717) is 24.8 Å². The van der Waals surface area contributed by atoms with Crippen molar-refractivity contribution in [3.8, 4) is 0 Å². The molecule has 0 spiro atoms. The smallest absolute Gasteiger partial charge is 0.223 e. The lowest BCUT2D eigenvalue weighted by atomic mass is 9.64. The molecule has 0 aromatic carbocycles. The van der Waals surface area contributed by atoms with E-state index in [9.17, 15) is 9.90 Å². The minimum absolute atomic E-state index is 0.120. The van der Waals surface area contributed by atoms with Crippen LogP contribution < -0.4 is 5.32 Å². The average Bonchev–Trinajstić information content (AvgIpc) is 3.06. The zero-order valence-electron chi connectivity index (χ0n) is 15.1. The van der Waals surface area contributed by atoms with Crippen molar-refractivity contribution in [2.75, 3.05) is 6.54 Å². The summed E-state index contributed by atoms with van der Waals surface area (Å²) in [5, 5.41) is 21.8. The minimum atomic E-state index is -0.368. The van der Waals surface area contributed by atoms with E-state index in [-0.39, 0.29) is 29.8 Å². The third kappa shape index (κ3) is 3.33. The molecule has 0 bridgehead atoms. The topological polar surface area (TPSA) is 80.0 Å². The Kier molecular flexibility index (Phi) is 4.80. The van der Waals surface area contributed by atoms with Gasteiger partial charge >= 0.3 is 0 Å². The molecule has 6 heteroatoms. The fraction of sp³-hybridized carbons (Fsp3) is 0.842. The fourth-order valence-corrected chi connectivity index (χ4v) is 4.96. The molecule has 3 aliphatic rings. The van der Waals surface area contributed by atoms with E-state index in [2.05, 4.69) is 15.5 Å². The highest BCUT2D eigenvalue weighted by Gasteiger charge is 2.41. The van der Waals surface area contributed by atoms with Crippen LogP contribution in [0.5, 0.6) is 0 Å². The van der Waals surface area contributed by atoms with Crippen LogP contribution in [0.2, 0.25) is 0 Å². The van der Waals surface area contributed by atoms with Gasteiger partial charge in [-0.1, -0.05) is 12.8 Å². The molecule has 0 unspecified atom stereocenters. The van der Waals surface area contributed by atoms with Crippen LogP contribution in [-0.4, -0.2) is 38.4 Å². The Morgan fingerprint density at radius 3 is 2.48 bits per heavy atom. The summed E-state index contributed by atoms with van der Waals surface area (Å²) in [6, 6.07) is 0. The molecule has 4 rings (SSSR count). The molecule has 0 saturated heterocycles. The van der Waals surface area contributed by atoms with Crippen molar-refractivity contribution in [1.29, 1.82) is 0 Å². The SMILES string of the molecule is Cn1cnnc1[C@H]1C[C@H](CNC(=O)C(C2CCC2)C2CCC2)[C@H](O)C1. The summed E-state index contributed by atoms with van der Waals surface area (Å²) in [6.07, 6.45) is 10.3. The van der Waals surface area contributed by atoms with Gasteiger partial charge in [0.25, 0.3) is 0 Å². The summed E-state index contributed by atoms with van der Waals surface area (Å²) in [7, 11) is 1.94. The third-order valence-electron chi connectivity index (χ3n) is 6.93. The lowest BCUT2D eigenvalue weighted by molar-refractivity contribution is -0.132. The highest BCUT2D eigenvalue weighted by Crippen LogP contribution is 2.44. The van der Waals surface area contributed by atoms with Gasteiger partial charge < -0.3 is 15.0 Å².